The maximum absolute atomic E-state index is 12.7. The van der Waals surface area contributed by atoms with Crippen molar-refractivity contribution in [1.82, 2.24) is 4.90 Å². The molecule has 2 aromatic carbocycles. The Morgan fingerprint density at radius 2 is 1.85 bits per heavy atom. The van der Waals surface area contributed by atoms with Gasteiger partial charge in [0.1, 0.15) is 13.2 Å². The van der Waals surface area contributed by atoms with E-state index in [-0.39, 0.29) is 11.5 Å². The molecule has 0 spiro atoms. The number of carbonyl (C=O) groups is 3. The van der Waals surface area contributed by atoms with Crippen LogP contribution in [0.15, 0.2) is 45.8 Å². The number of carbonyl (C=O) groups excluding carboxylic acids is 3. The van der Waals surface area contributed by atoms with Gasteiger partial charge in [-0.25, -0.2) is 0 Å². The molecule has 0 bridgehead atoms. The quantitative estimate of drug-likeness (QED) is 0.199. The first kappa shape index (κ1) is 25.6. The summed E-state index contributed by atoms with van der Waals surface area (Å²) in [6.07, 6.45) is 1.61. The van der Waals surface area contributed by atoms with E-state index < -0.39 is 23.7 Å². The third-order valence-electron chi connectivity index (χ3n) is 4.39. The summed E-state index contributed by atoms with van der Waals surface area (Å²) in [5, 5.41) is -0.506. The van der Waals surface area contributed by atoms with E-state index >= 15 is 0 Å². The van der Waals surface area contributed by atoms with Crippen molar-refractivity contribution < 1.29 is 28.6 Å². The number of hydrogen-bond donors (Lipinski definition) is 0. The topological polar surface area (TPSA) is 82.1 Å². The molecule has 2 aromatic rings. The van der Waals surface area contributed by atoms with Crippen LogP contribution in [0, 0.1) is 3.57 Å². The van der Waals surface area contributed by atoms with E-state index in [9.17, 15) is 14.4 Å². The highest BCUT2D eigenvalue weighted by atomic mass is 127. The third-order valence-corrected chi connectivity index (χ3v) is 6.63. The number of amides is 2. The number of esters is 1. The normalized spacial score (nSPS) is 14.7. The van der Waals surface area contributed by atoms with Crippen LogP contribution in [0.25, 0.3) is 6.08 Å². The van der Waals surface area contributed by atoms with Gasteiger partial charge < -0.3 is 14.2 Å². The van der Waals surface area contributed by atoms with Crippen molar-refractivity contribution in [2.45, 2.75) is 20.5 Å². The Hall–Kier alpha value is -2.05. The second-order valence-electron chi connectivity index (χ2n) is 6.75. The zero-order valence-corrected chi connectivity index (χ0v) is 22.5. The molecule has 1 saturated heterocycles. The Kier molecular flexibility index (Phi) is 9.21. The molecule has 0 radical (unpaired) electrons. The summed E-state index contributed by atoms with van der Waals surface area (Å²) in [6.45, 7) is 4.12. The van der Waals surface area contributed by atoms with Crippen molar-refractivity contribution in [2.75, 3.05) is 19.8 Å². The summed E-state index contributed by atoms with van der Waals surface area (Å²) in [4.78, 5) is 37.7. The molecule has 1 aliphatic heterocycles. The summed E-state index contributed by atoms with van der Waals surface area (Å²) in [6, 6.07) is 11.5. The lowest BCUT2D eigenvalue weighted by molar-refractivity contribution is -0.145. The summed E-state index contributed by atoms with van der Waals surface area (Å²) < 4.78 is 18.5. The van der Waals surface area contributed by atoms with Gasteiger partial charge >= 0.3 is 5.97 Å². The maximum Gasteiger partial charge on any atom is 0.326 e. The number of benzene rings is 2. The molecule has 0 aliphatic carbocycles. The van der Waals surface area contributed by atoms with E-state index in [0.717, 1.165) is 30.3 Å². The van der Waals surface area contributed by atoms with E-state index in [1.807, 2.05) is 37.3 Å². The number of thioether (sulfide) groups is 1. The predicted octanol–water partition coefficient (Wildman–Crippen LogP) is 5.63. The molecule has 33 heavy (non-hydrogen) atoms. The van der Waals surface area contributed by atoms with Crippen molar-refractivity contribution in [1.29, 1.82) is 0 Å². The molecule has 10 heteroatoms. The van der Waals surface area contributed by atoms with Crippen LogP contribution in [0.1, 0.15) is 25.0 Å². The summed E-state index contributed by atoms with van der Waals surface area (Å²) in [5.74, 6) is -0.00506. The van der Waals surface area contributed by atoms with Gasteiger partial charge in [0.25, 0.3) is 11.1 Å². The molecule has 0 atom stereocenters. The highest BCUT2D eigenvalue weighted by Gasteiger charge is 2.36. The van der Waals surface area contributed by atoms with E-state index in [0.29, 0.717) is 30.3 Å². The molecule has 0 saturated carbocycles. The standard InChI is InChI=1S/C23H21BrINO6S/c1-3-30-18-10-15(9-17(25)21(18)32-13-14-5-7-16(24)8-6-14)11-19-22(28)26(23(29)33-19)12-20(27)31-4-2/h5-11H,3-4,12-13H2,1-2H3/b19-11+. The fourth-order valence-corrected chi connectivity index (χ4v) is 4.82. The molecule has 2 amide bonds. The smallest absolute Gasteiger partial charge is 0.326 e. The molecule has 0 unspecified atom stereocenters. The van der Waals surface area contributed by atoms with E-state index in [1.165, 1.54) is 0 Å². The first-order chi connectivity index (χ1) is 15.8. The van der Waals surface area contributed by atoms with Gasteiger partial charge in [-0.1, -0.05) is 28.1 Å². The number of imide groups is 1. The lowest BCUT2D eigenvalue weighted by Crippen LogP contribution is -2.34. The van der Waals surface area contributed by atoms with E-state index in [1.54, 1.807) is 19.1 Å². The molecular formula is C23H21BrINO6S. The van der Waals surface area contributed by atoms with Gasteiger partial charge in [0.2, 0.25) is 0 Å². The van der Waals surface area contributed by atoms with Gasteiger partial charge in [-0.05, 0) is 89.7 Å². The second kappa shape index (κ2) is 11.9. The third kappa shape index (κ3) is 6.73. The zero-order valence-electron chi connectivity index (χ0n) is 17.9. The van der Waals surface area contributed by atoms with Crippen molar-refractivity contribution in [2.24, 2.45) is 0 Å². The molecule has 1 fully saturated rings. The SMILES string of the molecule is CCOC(=O)CN1C(=O)S/C(=C/c2cc(I)c(OCc3ccc(Br)cc3)c(OCC)c2)C1=O. The number of rotatable bonds is 9. The maximum atomic E-state index is 12.7. The average Bonchev–Trinajstić information content (AvgIpc) is 3.02. The van der Waals surface area contributed by atoms with Crippen LogP contribution in [0.5, 0.6) is 11.5 Å². The minimum Gasteiger partial charge on any atom is -0.490 e. The number of nitrogens with zero attached hydrogens (tertiary/aromatic N) is 1. The number of hydrogen-bond acceptors (Lipinski definition) is 7. The van der Waals surface area contributed by atoms with Gasteiger partial charge in [0.05, 0.1) is 21.7 Å². The average molecular weight is 646 g/mol. The van der Waals surface area contributed by atoms with Crippen LogP contribution in [-0.2, 0) is 20.9 Å². The molecule has 0 N–H and O–H groups in total. The van der Waals surface area contributed by atoms with Crippen molar-refractivity contribution in [3.63, 3.8) is 0 Å². The van der Waals surface area contributed by atoms with Crippen LogP contribution in [-0.4, -0.2) is 41.8 Å². The van der Waals surface area contributed by atoms with Crippen LogP contribution in [0.3, 0.4) is 0 Å². The van der Waals surface area contributed by atoms with Gasteiger partial charge in [0.15, 0.2) is 11.5 Å². The molecule has 1 heterocycles. The Bertz CT molecular complexity index is 1090. The highest BCUT2D eigenvalue weighted by Crippen LogP contribution is 2.38. The number of ether oxygens (including phenoxy) is 3. The predicted molar refractivity (Wildman–Crippen MR) is 138 cm³/mol. The first-order valence-corrected chi connectivity index (χ1v) is 12.8. The molecule has 1 aliphatic rings. The Balaban J connectivity index is 1.81. The summed E-state index contributed by atoms with van der Waals surface area (Å²) >= 11 is 6.36. The fraction of sp³-hybridized carbons (Fsp3) is 0.261. The monoisotopic (exact) mass is 645 g/mol. The lowest BCUT2D eigenvalue weighted by atomic mass is 10.1. The van der Waals surface area contributed by atoms with E-state index in [2.05, 4.69) is 38.5 Å². The molecular weight excluding hydrogens is 625 g/mol. The van der Waals surface area contributed by atoms with Gasteiger partial charge in [0, 0.05) is 4.47 Å². The lowest BCUT2D eigenvalue weighted by Gasteiger charge is -2.15. The van der Waals surface area contributed by atoms with Gasteiger partial charge in [-0.3, -0.25) is 19.3 Å². The Labute approximate surface area is 218 Å². The zero-order chi connectivity index (χ0) is 24.0. The molecule has 174 valence electrons. The molecule has 3 rings (SSSR count). The van der Waals surface area contributed by atoms with Crippen LogP contribution >= 0.6 is 50.3 Å². The van der Waals surface area contributed by atoms with Crippen LogP contribution in [0.4, 0.5) is 4.79 Å². The van der Waals surface area contributed by atoms with Crippen molar-refractivity contribution >= 4 is 73.5 Å². The van der Waals surface area contributed by atoms with Gasteiger partial charge in [-0.15, -0.1) is 0 Å². The van der Waals surface area contributed by atoms with Gasteiger partial charge in [-0.2, -0.15) is 0 Å². The highest BCUT2D eigenvalue weighted by molar-refractivity contribution is 14.1. The summed E-state index contributed by atoms with van der Waals surface area (Å²) in [5.41, 5.74) is 1.69. The minimum absolute atomic E-state index is 0.180. The largest absolute Gasteiger partial charge is 0.490 e. The van der Waals surface area contributed by atoms with Crippen LogP contribution < -0.4 is 9.47 Å². The van der Waals surface area contributed by atoms with Crippen LogP contribution in [0.2, 0.25) is 0 Å². The Morgan fingerprint density at radius 1 is 1.12 bits per heavy atom. The van der Waals surface area contributed by atoms with Crippen molar-refractivity contribution in [3.05, 3.63) is 60.5 Å². The second-order valence-corrected chi connectivity index (χ2v) is 9.82. The Morgan fingerprint density at radius 3 is 2.52 bits per heavy atom. The number of halogens is 2. The minimum atomic E-state index is -0.624. The fourth-order valence-electron chi connectivity index (χ4n) is 2.93. The molecule has 0 aromatic heterocycles. The van der Waals surface area contributed by atoms with Crippen molar-refractivity contribution in [3.8, 4) is 11.5 Å². The van der Waals surface area contributed by atoms with E-state index in [4.69, 9.17) is 14.2 Å². The summed E-state index contributed by atoms with van der Waals surface area (Å²) in [7, 11) is 0. The first-order valence-electron chi connectivity index (χ1n) is 10.1. The molecule has 7 nitrogen and oxygen atoms in total.